The van der Waals surface area contributed by atoms with Gasteiger partial charge in [0, 0.05) is 27.5 Å². The van der Waals surface area contributed by atoms with Gasteiger partial charge in [-0.25, -0.2) is 15.0 Å². The molecular formula is C43H27N3O. The molecule has 7 aromatic carbocycles. The van der Waals surface area contributed by atoms with E-state index in [0.29, 0.717) is 17.5 Å². The average Bonchev–Trinajstić information content (AvgIpc) is 3.53. The van der Waals surface area contributed by atoms with Crippen LogP contribution in [0.15, 0.2) is 168 Å². The molecular weight excluding hydrogens is 574 g/mol. The fourth-order valence-corrected chi connectivity index (χ4v) is 6.36. The van der Waals surface area contributed by atoms with Crippen LogP contribution in [0.3, 0.4) is 0 Å². The van der Waals surface area contributed by atoms with Gasteiger partial charge in [0.15, 0.2) is 17.5 Å². The van der Waals surface area contributed by atoms with Gasteiger partial charge in [-0.15, -0.1) is 0 Å². The largest absolute Gasteiger partial charge is 0.456 e. The van der Waals surface area contributed by atoms with E-state index >= 15 is 0 Å². The second kappa shape index (κ2) is 11.2. The third-order valence-electron chi connectivity index (χ3n) is 8.71. The number of rotatable bonds is 5. The van der Waals surface area contributed by atoms with Crippen LogP contribution in [-0.4, -0.2) is 15.0 Å². The SMILES string of the molecule is c1ccc(-c2ccc(-c3cc(-c4nc(-c5ccccc5)nc(-c5ccc6ccccc6c5)n4)cc4oc5ccccc5c34)cc2)cc1. The smallest absolute Gasteiger partial charge is 0.164 e. The molecule has 0 aliphatic carbocycles. The van der Waals surface area contributed by atoms with E-state index < -0.39 is 0 Å². The molecule has 0 N–H and O–H groups in total. The van der Waals surface area contributed by atoms with Crippen LogP contribution in [0, 0.1) is 0 Å². The van der Waals surface area contributed by atoms with E-state index in [0.717, 1.165) is 55.1 Å². The minimum atomic E-state index is 0.589. The maximum atomic E-state index is 6.48. The fourth-order valence-electron chi connectivity index (χ4n) is 6.36. The Morgan fingerprint density at radius 1 is 0.340 bits per heavy atom. The Bertz CT molecular complexity index is 2550. The van der Waals surface area contributed by atoms with Gasteiger partial charge in [0.05, 0.1) is 0 Å². The molecule has 0 atom stereocenters. The third-order valence-corrected chi connectivity index (χ3v) is 8.71. The summed E-state index contributed by atoms with van der Waals surface area (Å²) in [5.41, 5.74) is 8.88. The predicted molar refractivity (Wildman–Crippen MR) is 192 cm³/mol. The van der Waals surface area contributed by atoms with Crippen molar-refractivity contribution < 1.29 is 4.42 Å². The highest BCUT2D eigenvalue weighted by Gasteiger charge is 2.18. The molecule has 0 saturated heterocycles. The first kappa shape index (κ1) is 27.0. The molecule has 0 radical (unpaired) electrons. The summed E-state index contributed by atoms with van der Waals surface area (Å²) in [6, 6.07) is 56.4. The molecule has 0 unspecified atom stereocenters. The van der Waals surface area contributed by atoms with Gasteiger partial charge in [-0.1, -0.05) is 140 Å². The number of hydrogen-bond donors (Lipinski definition) is 0. The Morgan fingerprint density at radius 2 is 0.894 bits per heavy atom. The van der Waals surface area contributed by atoms with Crippen molar-refractivity contribution in [3.05, 3.63) is 164 Å². The molecule has 220 valence electrons. The fraction of sp³-hybridized carbons (Fsp3) is 0. The van der Waals surface area contributed by atoms with Crippen LogP contribution in [-0.2, 0) is 0 Å². The Labute approximate surface area is 271 Å². The van der Waals surface area contributed by atoms with Gasteiger partial charge >= 0.3 is 0 Å². The highest BCUT2D eigenvalue weighted by atomic mass is 16.3. The highest BCUT2D eigenvalue weighted by Crippen LogP contribution is 2.40. The standard InChI is InChI=1S/C43H27N3O/c1-3-11-28(12-4-1)30-19-22-31(23-20-30)37-26-35(27-39-40(37)36-17-9-10-18-38(36)47-39)43-45-41(32-14-5-2-6-15-32)44-42(46-43)34-24-21-29-13-7-8-16-33(29)25-34/h1-27H. The number of benzene rings is 7. The first-order chi connectivity index (χ1) is 23.3. The van der Waals surface area contributed by atoms with Crippen molar-refractivity contribution in [1.29, 1.82) is 0 Å². The summed E-state index contributed by atoms with van der Waals surface area (Å²) in [6.45, 7) is 0. The molecule has 2 aromatic heterocycles. The molecule has 0 amide bonds. The minimum absolute atomic E-state index is 0.589. The number of aromatic nitrogens is 3. The lowest BCUT2D eigenvalue weighted by Crippen LogP contribution is -2.00. The molecule has 4 heteroatoms. The third kappa shape index (κ3) is 4.93. The Balaban J connectivity index is 1.26. The first-order valence-electron chi connectivity index (χ1n) is 15.7. The van der Waals surface area contributed by atoms with Crippen molar-refractivity contribution in [2.45, 2.75) is 0 Å². The molecule has 0 bridgehead atoms. The summed E-state index contributed by atoms with van der Waals surface area (Å²) in [6.07, 6.45) is 0. The first-order valence-corrected chi connectivity index (χ1v) is 15.7. The van der Waals surface area contributed by atoms with Gasteiger partial charge in [0.25, 0.3) is 0 Å². The van der Waals surface area contributed by atoms with Gasteiger partial charge < -0.3 is 4.42 Å². The summed E-state index contributed by atoms with van der Waals surface area (Å²) in [5, 5.41) is 4.46. The monoisotopic (exact) mass is 601 g/mol. The van der Waals surface area contributed by atoms with E-state index in [9.17, 15) is 0 Å². The second-order valence-electron chi connectivity index (χ2n) is 11.7. The summed E-state index contributed by atoms with van der Waals surface area (Å²) in [5.74, 6) is 1.84. The van der Waals surface area contributed by atoms with Crippen LogP contribution in [0.1, 0.15) is 0 Å². The van der Waals surface area contributed by atoms with Crippen molar-refractivity contribution in [3.63, 3.8) is 0 Å². The summed E-state index contributed by atoms with van der Waals surface area (Å²) < 4.78 is 6.48. The maximum Gasteiger partial charge on any atom is 0.164 e. The van der Waals surface area contributed by atoms with E-state index in [4.69, 9.17) is 19.4 Å². The van der Waals surface area contributed by atoms with E-state index in [-0.39, 0.29) is 0 Å². The maximum absolute atomic E-state index is 6.48. The van der Waals surface area contributed by atoms with Crippen molar-refractivity contribution >= 4 is 32.7 Å². The zero-order valence-electron chi connectivity index (χ0n) is 25.3. The van der Waals surface area contributed by atoms with Gasteiger partial charge in [-0.2, -0.15) is 0 Å². The number of nitrogens with zero attached hydrogens (tertiary/aromatic N) is 3. The van der Waals surface area contributed by atoms with Crippen LogP contribution in [0.4, 0.5) is 0 Å². The topological polar surface area (TPSA) is 51.8 Å². The zero-order valence-corrected chi connectivity index (χ0v) is 25.3. The molecule has 4 nitrogen and oxygen atoms in total. The lowest BCUT2D eigenvalue weighted by molar-refractivity contribution is 0.669. The zero-order chi connectivity index (χ0) is 31.2. The van der Waals surface area contributed by atoms with Gasteiger partial charge in [-0.3, -0.25) is 0 Å². The summed E-state index contributed by atoms with van der Waals surface area (Å²) in [7, 11) is 0. The molecule has 0 aliphatic heterocycles. The van der Waals surface area contributed by atoms with E-state index in [1.54, 1.807) is 0 Å². The Kier molecular flexibility index (Phi) is 6.43. The van der Waals surface area contributed by atoms with Crippen molar-refractivity contribution in [2.24, 2.45) is 0 Å². The van der Waals surface area contributed by atoms with Crippen LogP contribution >= 0.6 is 0 Å². The minimum Gasteiger partial charge on any atom is -0.456 e. The molecule has 9 rings (SSSR count). The second-order valence-corrected chi connectivity index (χ2v) is 11.7. The Hall–Kier alpha value is -6.39. The average molecular weight is 602 g/mol. The van der Waals surface area contributed by atoms with Gasteiger partial charge in [0.1, 0.15) is 11.2 Å². The van der Waals surface area contributed by atoms with E-state index in [1.807, 2.05) is 48.5 Å². The summed E-state index contributed by atoms with van der Waals surface area (Å²) >= 11 is 0. The highest BCUT2D eigenvalue weighted by molar-refractivity contribution is 6.13. The van der Waals surface area contributed by atoms with Crippen LogP contribution in [0.25, 0.3) is 89.1 Å². The molecule has 47 heavy (non-hydrogen) atoms. The lowest BCUT2D eigenvalue weighted by atomic mass is 9.95. The number of hydrogen-bond acceptors (Lipinski definition) is 4. The summed E-state index contributed by atoms with van der Waals surface area (Å²) in [4.78, 5) is 15.1. The van der Waals surface area contributed by atoms with Crippen LogP contribution < -0.4 is 0 Å². The number of furan rings is 1. The van der Waals surface area contributed by atoms with Crippen LogP contribution in [0.5, 0.6) is 0 Å². The Morgan fingerprint density at radius 3 is 1.66 bits per heavy atom. The van der Waals surface area contributed by atoms with Crippen LogP contribution in [0.2, 0.25) is 0 Å². The van der Waals surface area contributed by atoms with Gasteiger partial charge in [-0.05, 0) is 57.3 Å². The van der Waals surface area contributed by atoms with Crippen molar-refractivity contribution in [2.75, 3.05) is 0 Å². The van der Waals surface area contributed by atoms with E-state index in [1.165, 1.54) is 16.5 Å². The normalized spacial score (nSPS) is 11.4. The van der Waals surface area contributed by atoms with Crippen molar-refractivity contribution in [1.82, 2.24) is 15.0 Å². The lowest BCUT2D eigenvalue weighted by Gasteiger charge is -2.11. The molecule has 0 spiro atoms. The molecule has 0 fully saturated rings. The molecule has 0 saturated carbocycles. The number of para-hydroxylation sites is 1. The predicted octanol–water partition coefficient (Wildman–Crippen LogP) is 11.3. The van der Waals surface area contributed by atoms with E-state index in [2.05, 4.69) is 115 Å². The molecule has 0 aliphatic rings. The van der Waals surface area contributed by atoms with Crippen molar-refractivity contribution in [3.8, 4) is 56.4 Å². The van der Waals surface area contributed by atoms with Gasteiger partial charge in [0.2, 0.25) is 0 Å². The molecule has 2 heterocycles. The number of fused-ring (bicyclic) bond motifs is 4. The quantitative estimate of drug-likeness (QED) is 0.197. The molecule has 9 aromatic rings.